The molecule has 1 aromatic carbocycles. The molecule has 0 bridgehead atoms. The third kappa shape index (κ3) is 5.98. The molecule has 25 heavy (non-hydrogen) atoms. The van der Waals surface area contributed by atoms with Gasteiger partial charge in [-0.05, 0) is 17.5 Å². The smallest absolute Gasteiger partial charge is 0.377 e. The topological polar surface area (TPSA) is 76.1 Å². The third-order valence-corrected chi connectivity index (χ3v) is 3.94. The van der Waals surface area contributed by atoms with Crippen LogP contribution in [0.25, 0.3) is 0 Å². The zero-order valence-electron chi connectivity index (χ0n) is 13.4. The number of aromatic nitrogens is 2. The van der Waals surface area contributed by atoms with E-state index < -0.39 is 17.2 Å². The minimum absolute atomic E-state index is 0.211. The summed E-state index contributed by atoms with van der Waals surface area (Å²) < 4.78 is 42.8. The van der Waals surface area contributed by atoms with Gasteiger partial charge in [0.1, 0.15) is 0 Å². The van der Waals surface area contributed by atoms with Crippen LogP contribution < -0.4 is 10.6 Å². The predicted octanol–water partition coefficient (Wildman–Crippen LogP) is 3.81. The van der Waals surface area contributed by atoms with E-state index in [0.717, 1.165) is 17.5 Å². The van der Waals surface area contributed by atoms with Crippen molar-refractivity contribution in [2.45, 2.75) is 32.7 Å². The molecule has 136 valence electrons. The van der Waals surface area contributed by atoms with Crippen LogP contribution in [-0.2, 0) is 24.1 Å². The molecule has 0 aliphatic heterocycles. The SMILES string of the molecule is CCCOCc1ccccc1CNC(=O)Nc1nnc(C(F)(F)F)s1. The number of halogens is 3. The van der Waals surface area contributed by atoms with Crippen LogP contribution in [0.1, 0.15) is 29.5 Å². The quantitative estimate of drug-likeness (QED) is 0.723. The van der Waals surface area contributed by atoms with Gasteiger partial charge in [-0.1, -0.05) is 42.5 Å². The molecule has 1 heterocycles. The first-order valence-corrected chi connectivity index (χ1v) is 8.32. The number of carbonyl (C=O) groups excluding carboxylic acids is 1. The summed E-state index contributed by atoms with van der Waals surface area (Å²) in [6, 6.07) is 6.78. The van der Waals surface area contributed by atoms with Crippen LogP contribution in [0.3, 0.4) is 0 Å². The first-order chi connectivity index (χ1) is 11.9. The summed E-state index contributed by atoms with van der Waals surface area (Å²) in [7, 11) is 0. The van der Waals surface area contributed by atoms with Gasteiger partial charge in [-0.2, -0.15) is 13.2 Å². The zero-order valence-corrected chi connectivity index (χ0v) is 14.2. The predicted molar refractivity (Wildman–Crippen MR) is 87.2 cm³/mol. The van der Waals surface area contributed by atoms with Crippen molar-refractivity contribution in [3.05, 3.63) is 40.4 Å². The van der Waals surface area contributed by atoms with Crippen LogP contribution in [0.15, 0.2) is 24.3 Å². The van der Waals surface area contributed by atoms with E-state index in [1.165, 1.54) is 0 Å². The van der Waals surface area contributed by atoms with Crippen LogP contribution in [0.5, 0.6) is 0 Å². The maximum Gasteiger partial charge on any atom is 0.445 e. The van der Waals surface area contributed by atoms with Crippen molar-refractivity contribution in [1.82, 2.24) is 15.5 Å². The molecule has 0 aliphatic carbocycles. The minimum atomic E-state index is -4.58. The highest BCUT2D eigenvalue weighted by atomic mass is 32.1. The van der Waals surface area contributed by atoms with Crippen LogP contribution in [0, 0.1) is 0 Å². The normalized spacial score (nSPS) is 11.4. The fourth-order valence-electron chi connectivity index (χ4n) is 1.90. The lowest BCUT2D eigenvalue weighted by Crippen LogP contribution is -2.28. The number of hydrogen-bond acceptors (Lipinski definition) is 5. The minimum Gasteiger partial charge on any atom is -0.377 e. The monoisotopic (exact) mass is 374 g/mol. The number of hydrogen-bond donors (Lipinski definition) is 2. The lowest BCUT2D eigenvalue weighted by atomic mass is 10.1. The molecular weight excluding hydrogens is 357 g/mol. The molecular formula is C15H17F3N4O2S. The molecule has 0 atom stereocenters. The fourth-order valence-corrected chi connectivity index (χ4v) is 2.51. The Bertz CT molecular complexity index is 706. The molecule has 2 N–H and O–H groups in total. The van der Waals surface area contributed by atoms with Crippen molar-refractivity contribution in [3.63, 3.8) is 0 Å². The number of alkyl halides is 3. The Balaban J connectivity index is 1.89. The van der Waals surface area contributed by atoms with E-state index in [1.54, 1.807) is 0 Å². The van der Waals surface area contributed by atoms with Crippen LogP contribution in [0.4, 0.5) is 23.1 Å². The van der Waals surface area contributed by atoms with Gasteiger partial charge in [-0.25, -0.2) is 4.79 Å². The molecule has 0 spiro atoms. The Kier molecular flexibility index (Phi) is 6.71. The molecule has 6 nitrogen and oxygen atoms in total. The number of nitrogens with zero attached hydrogens (tertiary/aromatic N) is 2. The highest BCUT2D eigenvalue weighted by Gasteiger charge is 2.35. The number of benzene rings is 1. The Morgan fingerprint density at radius 1 is 1.24 bits per heavy atom. The van der Waals surface area contributed by atoms with Crippen molar-refractivity contribution in [1.29, 1.82) is 0 Å². The third-order valence-electron chi connectivity index (χ3n) is 3.05. The fraction of sp³-hybridized carbons (Fsp3) is 0.400. The van der Waals surface area contributed by atoms with Crippen LogP contribution >= 0.6 is 11.3 Å². The maximum absolute atomic E-state index is 12.4. The second-order valence-corrected chi connectivity index (χ2v) is 6.02. The van der Waals surface area contributed by atoms with Crippen molar-refractivity contribution < 1.29 is 22.7 Å². The molecule has 0 saturated carbocycles. The number of urea groups is 1. The number of rotatable bonds is 7. The Morgan fingerprint density at radius 3 is 2.60 bits per heavy atom. The zero-order chi connectivity index (χ0) is 18.3. The van der Waals surface area contributed by atoms with Gasteiger partial charge in [0, 0.05) is 13.2 Å². The molecule has 0 radical (unpaired) electrons. The van der Waals surface area contributed by atoms with Gasteiger partial charge in [0.25, 0.3) is 0 Å². The lowest BCUT2D eigenvalue weighted by molar-refractivity contribution is -0.138. The summed E-state index contributed by atoms with van der Waals surface area (Å²) >= 11 is 0.267. The summed E-state index contributed by atoms with van der Waals surface area (Å²) in [4.78, 5) is 11.8. The van der Waals surface area contributed by atoms with Crippen molar-refractivity contribution >= 4 is 22.5 Å². The highest BCUT2D eigenvalue weighted by molar-refractivity contribution is 7.15. The molecule has 0 saturated heterocycles. The van der Waals surface area contributed by atoms with Gasteiger partial charge in [0.05, 0.1) is 6.61 Å². The highest BCUT2D eigenvalue weighted by Crippen LogP contribution is 2.32. The van der Waals surface area contributed by atoms with Crippen molar-refractivity contribution in [2.24, 2.45) is 0 Å². The van der Waals surface area contributed by atoms with Crippen molar-refractivity contribution in [3.8, 4) is 0 Å². The molecule has 10 heteroatoms. The van der Waals surface area contributed by atoms with Crippen LogP contribution in [-0.4, -0.2) is 22.8 Å². The molecule has 2 aromatic rings. The number of amides is 2. The summed E-state index contributed by atoms with van der Waals surface area (Å²) in [5.74, 6) is 0. The number of anilines is 1. The van der Waals surface area contributed by atoms with E-state index in [-0.39, 0.29) is 23.0 Å². The Morgan fingerprint density at radius 2 is 1.96 bits per heavy atom. The molecule has 1 aromatic heterocycles. The first kappa shape index (κ1) is 19.1. The van der Waals surface area contributed by atoms with Crippen LogP contribution in [0.2, 0.25) is 0 Å². The van der Waals surface area contributed by atoms with Gasteiger partial charge in [0.2, 0.25) is 10.1 Å². The van der Waals surface area contributed by atoms with E-state index in [0.29, 0.717) is 13.2 Å². The standard InChI is InChI=1S/C15H17F3N4O2S/c1-2-7-24-9-11-6-4-3-5-10(11)8-19-13(23)20-14-22-21-12(25-14)15(16,17)18/h3-6H,2,7-9H2,1H3,(H2,19,20,22,23). The summed E-state index contributed by atoms with van der Waals surface area (Å²) in [6.45, 7) is 3.29. The molecule has 0 unspecified atom stereocenters. The Hall–Kier alpha value is -2.20. The summed E-state index contributed by atoms with van der Waals surface area (Å²) in [5, 5.41) is 9.79. The summed E-state index contributed by atoms with van der Waals surface area (Å²) in [6.07, 6.45) is -3.67. The second kappa shape index (κ2) is 8.77. The Labute approximate surface area is 146 Å². The lowest BCUT2D eigenvalue weighted by Gasteiger charge is -2.11. The molecule has 0 aliphatic rings. The van der Waals surface area contributed by atoms with E-state index >= 15 is 0 Å². The first-order valence-electron chi connectivity index (χ1n) is 7.50. The number of ether oxygens (including phenoxy) is 1. The average Bonchev–Trinajstić information content (AvgIpc) is 3.03. The van der Waals surface area contributed by atoms with E-state index in [1.807, 2.05) is 31.2 Å². The van der Waals surface area contributed by atoms with E-state index in [2.05, 4.69) is 20.8 Å². The van der Waals surface area contributed by atoms with Gasteiger partial charge in [0.15, 0.2) is 0 Å². The average molecular weight is 374 g/mol. The van der Waals surface area contributed by atoms with Gasteiger partial charge in [-0.15, -0.1) is 10.2 Å². The number of carbonyl (C=O) groups is 1. The maximum atomic E-state index is 12.4. The molecule has 0 fully saturated rings. The van der Waals surface area contributed by atoms with E-state index in [9.17, 15) is 18.0 Å². The van der Waals surface area contributed by atoms with Gasteiger partial charge >= 0.3 is 12.2 Å². The number of nitrogens with one attached hydrogen (secondary N) is 2. The van der Waals surface area contributed by atoms with Gasteiger partial charge in [-0.3, -0.25) is 5.32 Å². The largest absolute Gasteiger partial charge is 0.445 e. The second-order valence-electron chi connectivity index (χ2n) is 5.04. The van der Waals surface area contributed by atoms with E-state index in [4.69, 9.17) is 4.74 Å². The summed E-state index contributed by atoms with van der Waals surface area (Å²) in [5.41, 5.74) is 1.80. The molecule has 2 rings (SSSR count). The van der Waals surface area contributed by atoms with Gasteiger partial charge < -0.3 is 10.1 Å². The molecule has 2 amide bonds. The van der Waals surface area contributed by atoms with Crippen molar-refractivity contribution in [2.75, 3.05) is 11.9 Å².